The van der Waals surface area contributed by atoms with Crippen molar-refractivity contribution in [1.82, 2.24) is 10.3 Å². The van der Waals surface area contributed by atoms with Crippen LogP contribution in [-0.2, 0) is 0 Å². The van der Waals surface area contributed by atoms with Crippen molar-refractivity contribution in [3.63, 3.8) is 0 Å². The van der Waals surface area contributed by atoms with E-state index < -0.39 is 4.92 Å². The summed E-state index contributed by atoms with van der Waals surface area (Å²) in [5, 5.41) is 17.3. The summed E-state index contributed by atoms with van der Waals surface area (Å²) in [6.07, 6.45) is 2.21. The minimum Gasteiger partial charge on any atom is -0.364 e. The zero-order chi connectivity index (χ0) is 13.0. The molecule has 0 aromatic carbocycles. The maximum Gasteiger partial charge on any atom is 0.311 e. The maximum absolute atomic E-state index is 10.9. The first-order valence-electron chi connectivity index (χ1n) is 6.23. The molecule has 1 fully saturated rings. The number of nitro groups is 1. The molecule has 6 nitrogen and oxygen atoms in total. The summed E-state index contributed by atoms with van der Waals surface area (Å²) >= 11 is 0. The Bertz CT molecular complexity index is 430. The van der Waals surface area contributed by atoms with E-state index in [4.69, 9.17) is 0 Å². The second kappa shape index (κ2) is 5.77. The molecule has 2 rings (SSSR count). The maximum atomic E-state index is 10.9. The highest BCUT2D eigenvalue weighted by Gasteiger charge is 2.18. The normalized spacial score (nSPS) is 16.5. The van der Waals surface area contributed by atoms with Gasteiger partial charge in [0, 0.05) is 18.3 Å². The standard InChI is InChI=1S/C12H18N4O2/c1-9-2-3-11(16(17)18)12(15-9)14-8-10-4-6-13-7-5-10/h2-3,10,13H,4-8H2,1H3,(H,14,15). The Labute approximate surface area is 106 Å². The zero-order valence-corrected chi connectivity index (χ0v) is 10.5. The van der Waals surface area contributed by atoms with Gasteiger partial charge in [-0.1, -0.05) is 0 Å². The average Bonchev–Trinajstić information content (AvgIpc) is 2.37. The van der Waals surface area contributed by atoms with Gasteiger partial charge < -0.3 is 10.6 Å². The number of piperidine rings is 1. The van der Waals surface area contributed by atoms with E-state index in [9.17, 15) is 10.1 Å². The summed E-state index contributed by atoms with van der Waals surface area (Å²) in [5.41, 5.74) is 0.836. The van der Waals surface area contributed by atoms with Crippen LogP contribution in [0.5, 0.6) is 0 Å². The smallest absolute Gasteiger partial charge is 0.311 e. The van der Waals surface area contributed by atoms with Crippen molar-refractivity contribution < 1.29 is 4.92 Å². The molecular formula is C12H18N4O2. The highest BCUT2D eigenvalue weighted by molar-refractivity contribution is 5.56. The van der Waals surface area contributed by atoms with Crippen LogP contribution in [0.15, 0.2) is 12.1 Å². The number of pyridine rings is 1. The van der Waals surface area contributed by atoms with E-state index in [-0.39, 0.29) is 5.69 Å². The van der Waals surface area contributed by atoms with Gasteiger partial charge in [-0.05, 0) is 44.8 Å². The lowest BCUT2D eigenvalue weighted by molar-refractivity contribution is -0.384. The van der Waals surface area contributed by atoms with Gasteiger partial charge in [-0.25, -0.2) is 4.98 Å². The molecule has 6 heteroatoms. The van der Waals surface area contributed by atoms with E-state index in [0.717, 1.165) is 38.2 Å². The van der Waals surface area contributed by atoms with Gasteiger partial charge in [0.05, 0.1) is 4.92 Å². The fourth-order valence-electron chi connectivity index (χ4n) is 2.15. The first kappa shape index (κ1) is 12.8. The summed E-state index contributed by atoms with van der Waals surface area (Å²) in [5.74, 6) is 0.951. The van der Waals surface area contributed by atoms with E-state index >= 15 is 0 Å². The van der Waals surface area contributed by atoms with Crippen molar-refractivity contribution >= 4 is 11.5 Å². The number of rotatable bonds is 4. The van der Waals surface area contributed by atoms with Crippen molar-refractivity contribution in [1.29, 1.82) is 0 Å². The van der Waals surface area contributed by atoms with Crippen LogP contribution >= 0.6 is 0 Å². The summed E-state index contributed by atoms with van der Waals surface area (Å²) < 4.78 is 0. The summed E-state index contributed by atoms with van der Waals surface area (Å²) in [6.45, 7) is 4.63. The Balaban J connectivity index is 2.03. The Morgan fingerprint density at radius 1 is 1.50 bits per heavy atom. The predicted molar refractivity (Wildman–Crippen MR) is 69.7 cm³/mol. The molecular weight excluding hydrogens is 232 g/mol. The molecule has 1 aliphatic rings. The molecule has 0 saturated carbocycles. The number of aryl methyl sites for hydroxylation is 1. The highest BCUT2D eigenvalue weighted by Crippen LogP contribution is 2.23. The molecule has 0 bridgehead atoms. The van der Waals surface area contributed by atoms with Gasteiger partial charge in [-0.15, -0.1) is 0 Å². The number of hydrogen-bond donors (Lipinski definition) is 2. The summed E-state index contributed by atoms with van der Waals surface area (Å²) in [6, 6.07) is 3.17. The molecule has 18 heavy (non-hydrogen) atoms. The topological polar surface area (TPSA) is 80.1 Å². The van der Waals surface area contributed by atoms with Crippen LogP contribution < -0.4 is 10.6 Å². The van der Waals surface area contributed by atoms with E-state index in [2.05, 4.69) is 15.6 Å². The van der Waals surface area contributed by atoms with Crippen molar-refractivity contribution in [3.05, 3.63) is 27.9 Å². The number of nitrogens with one attached hydrogen (secondary N) is 2. The molecule has 1 saturated heterocycles. The van der Waals surface area contributed by atoms with Gasteiger partial charge in [0.15, 0.2) is 0 Å². The quantitative estimate of drug-likeness (QED) is 0.628. The highest BCUT2D eigenvalue weighted by atomic mass is 16.6. The van der Waals surface area contributed by atoms with E-state index in [1.54, 1.807) is 6.07 Å². The molecule has 1 aromatic rings. The molecule has 98 valence electrons. The van der Waals surface area contributed by atoms with Crippen LogP contribution in [0.2, 0.25) is 0 Å². The lowest BCUT2D eigenvalue weighted by atomic mass is 9.98. The number of nitrogens with zero attached hydrogens (tertiary/aromatic N) is 2. The van der Waals surface area contributed by atoms with Gasteiger partial charge in [-0.2, -0.15) is 0 Å². The van der Waals surface area contributed by atoms with Crippen LogP contribution in [0.4, 0.5) is 11.5 Å². The lowest BCUT2D eigenvalue weighted by Crippen LogP contribution is -2.31. The summed E-state index contributed by atoms with van der Waals surface area (Å²) in [4.78, 5) is 14.7. The third-order valence-corrected chi connectivity index (χ3v) is 3.23. The minimum absolute atomic E-state index is 0.0505. The Hall–Kier alpha value is -1.69. The van der Waals surface area contributed by atoms with Crippen LogP contribution in [0.25, 0.3) is 0 Å². The number of anilines is 1. The molecule has 0 unspecified atom stereocenters. The molecule has 2 heterocycles. The van der Waals surface area contributed by atoms with Gasteiger partial charge in [0.1, 0.15) is 0 Å². The average molecular weight is 250 g/mol. The van der Waals surface area contributed by atoms with Gasteiger partial charge in [0.25, 0.3) is 0 Å². The molecule has 1 aliphatic heterocycles. The Morgan fingerprint density at radius 3 is 2.89 bits per heavy atom. The third-order valence-electron chi connectivity index (χ3n) is 3.23. The summed E-state index contributed by atoms with van der Waals surface area (Å²) in [7, 11) is 0. The predicted octanol–water partition coefficient (Wildman–Crippen LogP) is 1.71. The fraction of sp³-hybridized carbons (Fsp3) is 0.583. The van der Waals surface area contributed by atoms with Crippen molar-refractivity contribution in [2.45, 2.75) is 19.8 Å². The molecule has 0 amide bonds. The van der Waals surface area contributed by atoms with Crippen LogP contribution in [-0.4, -0.2) is 29.5 Å². The van der Waals surface area contributed by atoms with Crippen molar-refractivity contribution in [2.24, 2.45) is 5.92 Å². The molecule has 0 spiro atoms. The molecule has 1 aromatic heterocycles. The number of hydrogen-bond acceptors (Lipinski definition) is 5. The van der Waals surface area contributed by atoms with Crippen molar-refractivity contribution in [3.8, 4) is 0 Å². The lowest BCUT2D eigenvalue weighted by Gasteiger charge is -2.22. The van der Waals surface area contributed by atoms with Gasteiger partial charge in [-0.3, -0.25) is 10.1 Å². The third kappa shape index (κ3) is 3.16. The molecule has 0 aliphatic carbocycles. The minimum atomic E-state index is -0.392. The van der Waals surface area contributed by atoms with Crippen LogP contribution in [0.3, 0.4) is 0 Å². The Morgan fingerprint density at radius 2 is 2.22 bits per heavy atom. The fourth-order valence-corrected chi connectivity index (χ4v) is 2.15. The second-order valence-corrected chi connectivity index (χ2v) is 4.65. The van der Waals surface area contributed by atoms with E-state index in [1.807, 2.05) is 6.92 Å². The van der Waals surface area contributed by atoms with Gasteiger partial charge >= 0.3 is 5.69 Å². The Kier molecular flexibility index (Phi) is 4.09. The van der Waals surface area contributed by atoms with Crippen LogP contribution in [0.1, 0.15) is 18.5 Å². The van der Waals surface area contributed by atoms with E-state index in [1.165, 1.54) is 6.07 Å². The molecule has 0 atom stereocenters. The van der Waals surface area contributed by atoms with E-state index in [0.29, 0.717) is 11.7 Å². The zero-order valence-electron chi connectivity index (χ0n) is 10.5. The first-order chi connectivity index (χ1) is 8.66. The SMILES string of the molecule is Cc1ccc([N+](=O)[O-])c(NCC2CCNCC2)n1. The van der Waals surface area contributed by atoms with Crippen LogP contribution in [0, 0.1) is 23.0 Å². The largest absolute Gasteiger partial charge is 0.364 e. The molecule has 2 N–H and O–H groups in total. The first-order valence-corrected chi connectivity index (χ1v) is 6.23. The monoisotopic (exact) mass is 250 g/mol. The molecule has 0 radical (unpaired) electrons. The number of aromatic nitrogens is 1. The van der Waals surface area contributed by atoms with Crippen molar-refractivity contribution in [2.75, 3.05) is 25.0 Å². The van der Waals surface area contributed by atoms with Gasteiger partial charge in [0.2, 0.25) is 5.82 Å². The second-order valence-electron chi connectivity index (χ2n) is 4.65.